The maximum atomic E-state index is 16.9. The number of nitrogens with zero attached hydrogens (tertiary/aromatic N) is 7. The summed E-state index contributed by atoms with van der Waals surface area (Å²) >= 11 is 6.93. The second-order valence-electron chi connectivity index (χ2n) is 11.6. The molecule has 1 N–H and O–H groups in total. The number of aromatic nitrogens is 4. The Morgan fingerprint density at radius 2 is 1.93 bits per heavy atom. The SMILES string of the molecule is C=CC(=O)N1C[C@H](C)N(c2nc(N3CC(N(C)CC)C3)nc3c(F)c(-c4c(C)ccc5[nH]ncc45)c(Cl)cc23)C[C@H]1C. The van der Waals surface area contributed by atoms with Gasteiger partial charge in [-0.3, -0.25) is 9.89 Å². The lowest BCUT2D eigenvalue weighted by atomic mass is 9.95. The highest BCUT2D eigenvalue weighted by Crippen LogP contribution is 2.43. The summed E-state index contributed by atoms with van der Waals surface area (Å²) in [6.45, 7) is 15.3. The van der Waals surface area contributed by atoms with Crippen molar-refractivity contribution < 1.29 is 9.18 Å². The zero-order valence-corrected chi connectivity index (χ0v) is 25.4. The van der Waals surface area contributed by atoms with Crippen LogP contribution in [0.3, 0.4) is 0 Å². The average Bonchev–Trinajstić information content (AvgIpc) is 3.43. The number of aromatic amines is 1. The third kappa shape index (κ3) is 4.57. The fourth-order valence-corrected chi connectivity index (χ4v) is 6.50. The normalized spacial score (nSPS) is 19.7. The number of hydrogen-bond donors (Lipinski definition) is 1. The van der Waals surface area contributed by atoms with E-state index in [2.05, 4.69) is 45.4 Å². The summed E-state index contributed by atoms with van der Waals surface area (Å²) < 4.78 is 16.9. The van der Waals surface area contributed by atoms with Crippen LogP contribution in [0.4, 0.5) is 16.2 Å². The molecule has 42 heavy (non-hydrogen) atoms. The lowest BCUT2D eigenvalue weighted by Gasteiger charge is -2.46. The number of hydrogen-bond acceptors (Lipinski definition) is 7. The molecule has 1 amide bonds. The number of H-pyrrole nitrogens is 1. The topological polar surface area (TPSA) is 84.5 Å². The van der Waals surface area contributed by atoms with Crippen LogP contribution >= 0.6 is 11.6 Å². The fraction of sp³-hybridized carbons (Fsp3) is 0.419. The molecule has 2 fully saturated rings. The molecule has 11 heteroatoms. The number of aryl methyl sites for hydroxylation is 1. The summed E-state index contributed by atoms with van der Waals surface area (Å²) in [5.41, 5.74) is 2.92. The predicted molar refractivity (Wildman–Crippen MR) is 167 cm³/mol. The van der Waals surface area contributed by atoms with Crippen LogP contribution in [0, 0.1) is 12.7 Å². The van der Waals surface area contributed by atoms with Gasteiger partial charge in [-0.25, -0.2) is 9.37 Å². The smallest absolute Gasteiger partial charge is 0.246 e. The van der Waals surface area contributed by atoms with Crippen molar-refractivity contribution in [3.63, 3.8) is 0 Å². The van der Waals surface area contributed by atoms with Crippen molar-refractivity contribution in [1.82, 2.24) is 30.0 Å². The summed E-state index contributed by atoms with van der Waals surface area (Å²) in [7, 11) is 2.11. The molecule has 0 spiro atoms. The van der Waals surface area contributed by atoms with Gasteiger partial charge < -0.3 is 19.6 Å². The number of piperazine rings is 1. The van der Waals surface area contributed by atoms with E-state index < -0.39 is 5.82 Å². The number of rotatable bonds is 6. The number of carbonyl (C=O) groups excluding carboxylic acids is 1. The van der Waals surface area contributed by atoms with Gasteiger partial charge in [-0.1, -0.05) is 31.2 Å². The number of likely N-dealkylation sites (N-methyl/N-ethyl adjacent to an activating group) is 1. The lowest BCUT2D eigenvalue weighted by Crippen LogP contribution is -2.59. The predicted octanol–water partition coefficient (Wildman–Crippen LogP) is 5.03. The first-order chi connectivity index (χ1) is 20.1. The molecule has 2 aromatic carbocycles. The summed E-state index contributed by atoms with van der Waals surface area (Å²) in [5.74, 6) is 0.533. The standard InChI is InChI=1S/C31H36ClFN8O/c1-7-25(42)40-13-19(5)41(14-18(40)4)30-21-11-23(32)27(26-17(3)9-10-24-22(26)12-34-37-24)28(33)29(21)35-31(36-30)39-15-20(16-39)38(6)8-2/h7,9-12,18-20H,1,8,13-16H2,2-6H3,(H,34,37)/t18-,19+/m1/s1. The monoisotopic (exact) mass is 590 g/mol. The number of anilines is 2. The first kappa shape index (κ1) is 28.4. The van der Waals surface area contributed by atoms with E-state index in [1.165, 1.54) is 6.08 Å². The van der Waals surface area contributed by atoms with Crippen LogP contribution in [0.1, 0.15) is 26.3 Å². The van der Waals surface area contributed by atoms with E-state index in [0.29, 0.717) is 47.4 Å². The molecule has 6 rings (SSSR count). The molecule has 220 valence electrons. The molecule has 4 heterocycles. The highest BCUT2D eigenvalue weighted by atomic mass is 35.5. The Labute approximate surface area is 249 Å². The van der Waals surface area contributed by atoms with Gasteiger partial charge in [0.05, 0.1) is 16.7 Å². The average molecular weight is 591 g/mol. The molecule has 2 aromatic heterocycles. The number of carbonyl (C=O) groups is 1. The molecule has 2 aliphatic rings. The minimum atomic E-state index is -0.483. The number of benzene rings is 2. The highest BCUT2D eigenvalue weighted by Gasteiger charge is 2.36. The maximum Gasteiger partial charge on any atom is 0.246 e. The third-order valence-electron chi connectivity index (χ3n) is 8.92. The Balaban J connectivity index is 1.52. The molecule has 0 saturated carbocycles. The highest BCUT2D eigenvalue weighted by molar-refractivity contribution is 6.35. The first-order valence-corrected chi connectivity index (χ1v) is 14.8. The summed E-state index contributed by atoms with van der Waals surface area (Å²) in [4.78, 5) is 30.8. The van der Waals surface area contributed by atoms with Gasteiger partial charge in [0.15, 0.2) is 5.82 Å². The number of halogens is 2. The summed E-state index contributed by atoms with van der Waals surface area (Å²) in [6.07, 6.45) is 3.05. The molecule has 0 aliphatic carbocycles. The van der Waals surface area contributed by atoms with Gasteiger partial charge in [0.2, 0.25) is 11.9 Å². The minimum absolute atomic E-state index is 0.0742. The Hall–Kier alpha value is -3.76. The van der Waals surface area contributed by atoms with E-state index in [1.807, 2.05) is 37.8 Å². The Morgan fingerprint density at radius 3 is 2.64 bits per heavy atom. The van der Waals surface area contributed by atoms with Gasteiger partial charge in [-0.05, 0) is 58.1 Å². The van der Waals surface area contributed by atoms with Crippen molar-refractivity contribution in [1.29, 1.82) is 0 Å². The van der Waals surface area contributed by atoms with Crippen LogP contribution < -0.4 is 9.80 Å². The minimum Gasteiger partial charge on any atom is -0.349 e. The van der Waals surface area contributed by atoms with Crippen molar-refractivity contribution >= 4 is 51.1 Å². The van der Waals surface area contributed by atoms with Gasteiger partial charge in [-0.2, -0.15) is 10.1 Å². The van der Waals surface area contributed by atoms with Crippen LogP contribution in [-0.4, -0.2) is 93.8 Å². The Bertz CT molecular complexity index is 1700. The quantitative estimate of drug-likeness (QED) is 0.316. The molecule has 2 aliphatic heterocycles. The maximum absolute atomic E-state index is 16.9. The third-order valence-corrected chi connectivity index (χ3v) is 9.21. The Morgan fingerprint density at radius 1 is 1.17 bits per heavy atom. The van der Waals surface area contributed by atoms with Crippen molar-refractivity contribution in [3.05, 3.63) is 53.5 Å². The van der Waals surface area contributed by atoms with Gasteiger partial charge in [0.1, 0.15) is 11.3 Å². The van der Waals surface area contributed by atoms with E-state index in [4.69, 9.17) is 21.6 Å². The lowest BCUT2D eigenvalue weighted by molar-refractivity contribution is -0.128. The van der Waals surface area contributed by atoms with Gasteiger partial charge in [0.25, 0.3) is 0 Å². The van der Waals surface area contributed by atoms with Gasteiger partial charge >= 0.3 is 0 Å². The summed E-state index contributed by atoms with van der Waals surface area (Å²) in [5, 5.41) is 8.78. The molecule has 4 aromatic rings. The van der Waals surface area contributed by atoms with Crippen molar-refractivity contribution in [2.75, 3.05) is 49.6 Å². The van der Waals surface area contributed by atoms with Crippen LogP contribution in [0.25, 0.3) is 32.9 Å². The van der Waals surface area contributed by atoms with E-state index in [9.17, 15) is 4.79 Å². The number of nitrogens with one attached hydrogen (secondary N) is 1. The first-order valence-electron chi connectivity index (χ1n) is 14.4. The zero-order chi connectivity index (χ0) is 29.9. The molecular weight excluding hydrogens is 555 g/mol. The van der Waals surface area contributed by atoms with Crippen LogP contribution in [0.15, 0.2) is 37.1 Å². The second kappa shape index (κ2) is 10.8. The van der Waals surface area contributed by atoms with Crippen molar-refractivity contribution in [2.24, 2.45) is 0 Å². The van der Waals surface area contributed by atoms with Crippen LogP contribution in [-0.2, 0) is 4.79 Å². The van der Waals surface area contributed by atoms with Gasteiger partial charge in [-0.15, -0.1) is 0 Å². The molecule has 9 nitrogen and oxygen atoms in total. The van der Waals surface area contributed by atoms with Gasteiger partial charge in [0, 0.05) is 66.2 Å². The number of fused-ring (bicyclic) bond motifs is 2. The zero-order valence-electron chi connectivity index (χ0n) is 24.7. The van der Waals surface area contributed by atoms with Crippen molar-refractivity contribution in [3.8, 4) is 11.1 Å². The molecular formula is C31H36ClFN8O. The molecule has 0 radical (unpaired) electrons. The fourth-order valence-electron chi connectivity index (χ4n) is 6.22. The van der Waals surface area contributed by atoms with E-state index in [1.54, 1.807) is 12.3 Å². The molecule has 0 bridgehead atoms. The van der Waals surface area contributed by atoms with Crippen LogP contribution in [0.5, 0.6) is 0 Å². The largest absolute Gasteiger partial charge is 0.349 e. The van der Waals surface area contributed by atoms with E-state index >= 15 is 4.39 Å². The van der Waals surface area contributed by atoms with E-state index in [-0.39, 0.29) is 28.5 Å². The Kier molecular flexibility index (Phi) is 7.31. The molecule has 2 saturated heterocycles. The van der Waals surface area contributed by atoms with Crippen molar-refractivity contribution in [2.45, 2.75) is 45.8 Å². The molecule has 0 unspecified atom stereocenters. The van der Waals surface area contributed by atoms with Crippen LogP contribution in [0.2, 0.25) is 5.02 Å². The van der Waals surface area contributed by atoms with E-state index in [0.717, 1.165) is 36.1 Å². The second-order valence-corrected chi connectivity index (χ2v) is 12.0. The number of amides is 1. The molecule has 2 atom stereocenters. The summed E-state index contributed by atoms with van der Waals surface area (Å²) in [6, 6.07) is 5.87.